The second kappa shape index (κ2) is 6.31. The van der Waals surface area contributed by atoms with Crippen LogP contribution in [0, 0.1) is 0 Å². The summed E-state index contributed by atoms with van der Waals surface area (Å²) in [7, 11) is 0. The first-order valence-corrected chi connectivity index (χ1v) is 7.89. The van der Waals surface area contributed by atoms with Gasteiger partial charge in [0, 0.05) is 16.2 Å². The molecule has 2 aromatic rings. The summed E-state index contributed by atoms with van der Waals surface area (Å²) in [6.45, 7) is 0. The summed E-state index contributed by atoms with van der Waals surface area (Å²) < 4.78 is 1.02. The van der Waals surface area contributed by atoms with Gasteiger partial charge in [-0.1, -0.05) is 46.3 Å². The Morgan fingerprint density at radius 1 is 1.05 bits per heavy atom. The van der Waals surface area contributed by atoms with Gasteiger partial charge in [-0.3, -0.25) is 4.79 Å². The molecule has 0 spiro atoms. The van der Waals surface area contributed by atoms with E-state index in [-0.39, 0.29) is 11.9 Å². The normalized spacial score (nSPS) is 15.3. The van der Waals surface area contributed by atoms with Gasteiger partial charge in [0.1, 0.15) is 6.04 Å². The smallest absolute Gasteiger partial charge is 0.247 e. The van der Waals surface area contributed by atoms with Crippen LogP contribution >= 0.6 is 15.9 Å². The highest BCUT2D eigenvalue weighted by atomic mass is 79.9. The number of nitrogens with one attached hydrogen (secondary N) is 2. The van der Waals surface area contributed by atoms with Crippen LogP contribution in [0.4, 0.5) is 5.69 Å². The van der Waals surface area contributed by atoms with E-state index in [0.717, 1.165) is 28.6 Å². The maximum atomic E-state index is 12.5. The molecule has 1 saturated carbocycles. The van der Waals surface area contributed by atoms with Crippen molar-refractivity contribution in [2.75, 3.05) is 5.32 Å². The number of benzene rings is 2. The van der Waals surface area contributed by atoms with Gasteiger partial charge in [0.2, 0.25) is 5.91 Å². The molecule has 1 aliphatic carbocycles. The third-order valence-electron chi connectivity index (χ3n) is 3.47. The maximum absolute atomic E-state index is 12.5. The molecule has 108 valence electrons. The largest absolute Gasteiger partial charge is 0.370 e. The monoisotopic (exact) mass is 344 g/mol. The third kappa shape index (κ3) is 3.85. The fraction of sp³-hybridized carbons (Fsp3) is 0.235. The lowest BCUT2D eigenvalue weighted by Gasteiger charge is -2.20. The summed E-state index contributed by atoms with van der Waals surface area (Å²) in [5, 5.41) is 6.40. The van der Waals surface area contributed by atoms with Crippen molar-refractivity contribution >= 4 is 27.5 Å². The Bertz CT molecular complexity index is 608. The fourth-order valence-electron chi connectivity index (χ4n) is 2.17. The van der Waals surface area contributed by atoms with E-state index < -0.39 is 0 Å². The van der Waals surface area contributed by atoms with Crippen LogP contribution in [0.2, 0.25) is 0 Å². The van der Waals surface area contributed by atoms with Crippen molar-refractivity contribution in [3.63, 3.8) is 0 Å². The van der Waals surface area contributed by atoms with E-state index in [1.165, 1.54) is 0 Å². The van der Waals surface area contributed by atoms with E-state index >= 15 is 0 Å². The molecule has 3 rings (SSSR count). The Balaban J connectivity index is 1.80. The van der Waals surface area contributed by atoms with Crippen LogP contribution in [-0.4, -0.2) is 11.9 Å². The summed E-state index contributed by atoms with van der Waals surface area (Å²) in [5.74, 6) is 0.0339. The zero-order chi connectivity index (χ0) is 14.7. The van der Waals surface area contributed by atoms with Crippen LogP contribution in [0.25, 0.3) is 0 Å². The highest BCUT2D eigenvalue weighted by Gasteiger charge is 2.28. The number of hydrogen-bond acceptors (Lipinski definition) is 2. The van der Waals surface area contributed by atoms with E-state index in [9.17, 15) is 4.79 Å². The lowest BCUT2D eigenvalue weighted by atomic mass is 10.1. The molecule has 0 heterocycles. The van der Waals surface area contributed by atoms with Gasteiger partial charge in [-0.2, -0.15) is 0 Å². The van der Waals surface area contributed by atoms with E-state index in [2.05, 4.69) is 26.6 Å². The number of hydrogen-bond donors (Lipinski definition) is 2. The summed E-state index contributed by atoms with van der Waals surface area (Å²) in [5.41, 5.74) is 1.90. The zero-order valence-corrected chi connectivity index (χ0v) is 13.1. The molecule has 2 aromatic carbocycles. The molecule has 0 unspecified atom stereocenters. The van der Waals surface area contributed by atoms with Gasteiger partial charge in [-0.25, -0.2) is 0 Å². The van der Waals surface area contributed by atoms with Crippen LogP contribution in [0.5, 0.6) is 0 Å². The highest BCUT2D eigenvalue weighted by Crippen LogP contribution is 2.24. The van der Waals surface area contributed by atoms with E-state index in [1.54, 1.807) is 0 Å². The van der Waals surface area contributed by atoms with Crippen LogP contribution in [0.1, 0.15) is 24.4 Å². The van der Waals surface area contributed by atoms with Crippen molar-refractivity contribution in [2.45, 2.75) is 24.9 Å². The average molecular weight is 345 g/mol. The first kappa shape index (κ1) is 14.1. The Labute approximate surface area is 132 Å². The summed E-state index contributed by atoms with van der Waals surface area (Å²) in [4.78, 5) is 12.5. The third-order valence-corrected chi connectivity index (χ3v) is 4.00. The fourth-order valence-corrected chi connectivity index (χ4v) is 2.44. The molecule has 0 bridgehead atoms. The molecule has 0 saturated heterocycles. The second-order valence-corrected chi connectivity index (χ2v) is 6.19. The van der Waals surface area contributed by atoms with Crippen molar-refractivity contribution in [1.82, 2.24) is 5.32 Å². The molecule has 3 nitrogen and oxygen atoms in total. The van der Waals surface area contributed by atoms with Gasteiger partial charge in [-0.05, 0) is 42.7 Å². The lowest BCUT2D eigenvalue weighted by molar-refractivity contribution is -0.122. The lowest BCUT2D eigenvalue weighted by Crippen LogP contribution is -2.34. The molecular weight excluding hydrogens is 328 g/mol. The molecular formula is C17H17BrN2O. The molecule has 0 aliphatic heterocycles. The molecule has 1 fully saturated rings. The van der Waals surface area contributed by atoms with Crippen LogP contribution < -0.4 is 10.6 Å². The summed E-state index contributed by atoms with van der Waals surface area (Å²) in [6, 6.07) is 17.7. The molecule has 21 heavy (non-hydrogen) atoms. The quantitative estimate of drug-likeness (QED) is 0.864. The number of carbonyl (C=O) groups is 1. The van der Waals surface area contributed by atoms with Gasteiger partial charge in [0.25, 0.3) is 0 Å². The molecule has 0 aromatic heterocycles. The van der Waals surface area contributed by atoms with Gasteiger partial charge in [-0.15, -0.1) is 0 Å². The Kier molecular flexibility index (Phi) is 4.25. The minimum atomic E-state index is -0.368. The molecule has 1 amide bonds. The van der Waals surface area contributed by atoms with E-state index in [0.29, 0.717) is 6.04 Å². The number of amides is 1. The molecule has 0 radical (unpaired) electrons. The maximum Gasteiger partial charge on any atom is 0.247 e. The van der Waals surface area contributed by atoms with Crippen molar-refractivity contribution < 1.29 is 4.79 Å². The first-order chi connectivity index (χ1) is 10.2. The summed E-state index contributed by atoms with van der Waals surface area (Å²) >= 11 is 3.42. The van der Waals surface area contributed by atoms with Gasteiger partial charge in [0.05, 0.1) is 0 Å². The van der Waals surface area contributed by atoms with Crippen molar-refractivity contribution in [2.24, 2.45) is 0 Å². The Hall–Kier alpha value is -1.81. The SMILES string of the molecule is O=C(NC1CC1)[C@H](Nc1ccc(Br)cc1)c1ccccc1. The van der Waals surface area contributed by atoms with Gasteiger partial charge >= 0.3 is 0 Å². The number of carbonyl (C=O) groups excluding carboxylic acids is 1. The average Bonchev–Trinajstić information content (AvgIpc) is 3.31. The van der Waals surface area contributed by atoms with Crippen LogP contribution in [0.15, 0.2) is 59.1 Å². The van der Waals surface area contributed by atoms with E-state index in [4.69, 9.17) is 0 Å². The van der Waals surface area contributed by atoms with E-state index in [1.807, 2.05) is 54.6 Å². The topological polar surface area (TPSA) is 41.1 Å². The second-order valence-electron chi connectivity index (χ2n) is 5.28. The number of rotatable bonds is 5. The number of halogens is 1. The standard InChI is InChI=1S/C17H17BrN2O/c18-13-6-8-14(9-7-13)19-16(12-4-2-1-3-5-12)17(21)20-15-10-11-15/h1-9,15-16,19H,10-11H2,(H,20,21)/t16-/m1/s1. The van der Waals surface area contributed by atoms with Crippen molar-refractivity contribution in [3.05, 3.63) is 64.6 Å². The first-order valence-electron chi connectivity index (χ1n) is 7.10. The van der Waals surface area contributed by atoms with Crippen LogP contribution in [-0.2, 0) is 4.79 Å². The minimum absolute atomic E-state index is 0.0339. The number of anilines is 1. The molecule has 1 aliphatic rings. The zero-order valence-electron chi connectivity index (χ0n) is 11.6. The predicted molar refractivity (Wildman–Crippen MR) is 88.1 cm³/mol. The van der Waals surface area contributed by atoms with Crippen LogP contribution in [0.3, 0.4) is 0 Å². The van der Waals surface area contributed by atoms with Gasteiger partial charge < -0.3 is 10.6 Å². The Morgan fingerprint density at radius 2 is 1.71 bits per heavy atom. The van der Waals surface area contributed by atoms with Gasteiger partial charge in [0.15, 0.2) is 0 Å². The minimum Gasteiger partial charge on any atom is -0.370 e. The highest BCUT2D eigenvalue weighted by molar-refractivity contribution is 9.10. The molecule has 1 atom stereocenters. The predicted octanol–water partition coefficient (Wildman–Crippen LogP) is 3.88. The van der Waals surface area contributed by atoms with Crippen molar-refractivity contribution in [1.29, 1.82) is 0 Å². The molecule has 4 heteroatoms. The summed E-state index contributed by atoms with van der Waals surface area (Å²) in [6.07, 6.45) is 2.18. The van der Waals surface area contributed by atoms with Crippen molar-refractivity contribution in [3.8, 4) is 0 Å². The Morgan fingerprint density at radius 3 is 2.33 bits per heavy atom. The molecule has 2 N–H and O–H groups in total.